The molecule has 2 aromatic rings. The van der Waals surface area contributed by atoms with Crippen molar-refractivity contribution in [3.05, 3.63) is 60.2 Å². The molecule has 1 spiro atoms. The maximum absolute atomic E-state index is 13.2. The van der Waals surface area contributed by atoms with E-state index in [1.54, 1.807) is 54.6 Å². The number of nitrogens with zero attached hydrogens (tertiary/aromatic N) is 2. The van der Waals surface area contributed by atoms with Gasteiger partial charge in [0.15, 0.2) is 0 Å². The zero-order valence-corrected chi connectivity index (χ0v) is 17.1. The van der Waals surface area contributed by atoms with E-state index in [-0.39, 0.29) is 36.0 Å². The van der Waals surface area contributed by atoms with Crippen molar-refractivity contribution in [3.63, 3.8) is 0 Å². The molecule has 0 radical (unpaired) electrons. The van der Waals surface area contributed by atoms with Gasteiger partial charge in [-0.05, 0) is 30.2 Å². The van der Waals surface area contributed by atoms with Crippen LogP contribution in [-0.4, -0.2) is 58.8 Å². The number of fused-ring (bicyclic) bond motifs is 2. The Bertz CT molecular complexity index is 1090. The first-order chi connectivity index (χ1) is 13.3. The van der Waals surface area contributed by atoms with Gasteiger partial charge in [-0.15, -0.1) is 0 Å². The number of hydrogen-bond donors (Lipinski definition) is 0. The highest BCUT2D eigenvalue weighted by Gasteiger charge is 2.58. The molecule has 0 amide bonds. The van der Waals surface area contributed by atoms with E-state index in [2.05, 4.69) is 0 Å². The Morgan fingerprint density at radius 2 is 1.75 bits per heavy atom. The predicted octanol–water partition coefficient (Wildman–Crippen LogP) is 1.63. The lowest BCUT2D eigenvalue weighted by molar-refractivity contribution is 0.135. The second-order valence-corrected chi connectivity index (χ2v) is 10.8. The van der Waals surface area contributed by atoms with Crippen molar-refractivity contribution in [2.45, 2.75) is 21.8 Å². The molecule has 7 nitrogen and oxygen atoms in total. The van der Waals surface area contributed by atoms with Crippen molar-refractivity contribution < 1.29 is 21.6 Å². The summed E-state index contributed by atoms with van der Waals surface area (Å²) in [6, 6.07) is 15.1. The molecule has 4 rings (SSSR count). The Kier molecular flexibility index (Phi) is 4.83. The minimum atomic E-state index is -3.71. The molecule has 1 atom stereocenters. The first-order valence-electron chi connectivity index (χ1n) is 9.00. The summed E-state index contributed by atoms with van der Waals surface area (Å²) >= 11 is 0. The smallest absolute Gasteiger partial charge is 0.244 e. The number of rotatable bonds is 5. The van der Waals surface area contributed by atoms with E-state index in [4.69, 9.17) is 4.74 Å². The standard InChI is InChI=1S/C19H22N2O5S2/c1-26-14-13-21-19(17-9-5-6-10-18(17)28(21,24)25)11-12-20(15-19)27(22,23)16-7-3-2-4-8-16/h2-10H,11-15H2,1H3/t19-/m0/s1. The van der Waals surface area contributed by atoms with Crippen LogP contribution in [0, 0.1) is 0 Å². The Labute approximate surface area is 165 Å². The number of sulfonamides is 2. The second kappa shape index (κ2) is 6.93. The topological polar surface area (TPSA) is 84.0 Å². The van der Waals surface area contributed by atoms with Gasteiger partial charge in [0, 0.05) is 26.7 Å². The number of benzene rings is 2. The van der Waals surface area contributed by atoms with E-state index in [1.165, 1.54) is 15.7 Å². The van der Waals surface area contributed by atoms with E-state index in [0.717, 1.165) is 0 Å². The van der Waals surface area contributed by atoms with Crippen LogP contribution in [0.4, 0.5) is 0 Å². The maximum Gasteiger partial charge on any atom is 0.244 e. The molecule has 0 N–H and O–H groups in total. The van der Waals surface area contributed by atoms with Crippen molar-refractivity contribution in [2.75, 3.05) is 33.4 Å². The zero-order chi connectivity index (χ0) is 20.0. The van der Waals surface area contributed by atoms with Crippen molar-refractivity contribution >= 4 is 20.0 Å². The van der Waals surface area contributed by atoms with Crippen molar-refractivity contribution in [2.24, 2.45) is 0 Å². The average molecular weight is 423 g/mol. The Hall–Kier alpha value is -1.78. The van der Waals surface area contributed by atoms with E-state index in [9.17, 15) is 16.8 Å². The van der Waals surface area contributed by atoms with Gasteiger partial charge in [0.05, 0.1) is 21.9 Å². The Morgan fingerprint density at radius 1 is 1.07 bits per heavy atom. The fourth-order valence-corrected chi connectivity index (χ4v) is 7.76. The summed E-state index contributed by atoms with van der Waals surface area (Å²) in [6.45, 7) is 0.752. The molecular weight excluding hydrogens is 400 g/mol. The van der Waals surface area contributed by atoms with Gasteiger partial charge in [-0.25, -0.2) is 16.8 Å². The summed E-state index contributed by atoms with van der Waals surface area (Å²) in [5.41, 5.74) is -0.243. The molecule has 0 aliphatic carbocycles. The van der Waals surface area contributed by atoms with Crippen LogP contribution in [0.1, 0.15) is 12.0 Å². The van der Waals surface area contributed by atoms with Gasteiger partial charge in [-0.1, -0.05) is 36.4 Å². The summed E-state index contributed by atoms with van der Waals surface area (Å²) in [5.74, 6) is 0. The summed E-state index contributed by atoms with van der Waals surface area (Å²) in [7, 11) is -5.90. The summed E-state index contributed by atoms with van der Waals surface area (Å²) in [6.07, 6.45) is 0.402. The molecule has 2 aromatic carbocycles. The van der Waals surface area contributed by atoms with Gasteiger partial charge in [-0.2, -0.15) is 8.61 Å². The van der Waals surface area contributed by atoms with Crippen LogP contribution in [0.2, 0.25) is 0 Å². The third kappa shape index (κ3) is 2.81. The van der Waals surface area contributed by atoms with Crippen molar-refractivity contribution in [1.29, 1.82) is 0 Å². The largest absolute Gasteiger partial charge is 0.383 e. The van der Waals surface area contributed by atoms with Gasteiger partial charge in [0.2, 0.25) is 20.0 Å². The number of ether oxygens (including phenoxy) is 1. The van der Waals surface area contributed by atoms with Crippen LogP contribution in [0.3, 0.4) is 0 Å². The lowest BCUT2D eigenvalue weighted by Gasteiger charge is -2.33. The van der Waals surface area contributed by atoms with Crippen LogP contribution < -0.4 is 0 Å². The van der Waals surface area contributed by atoms with Crippen molar-refractivity contribution in [3.8, 4) is 0 Å². The van der Waals surface area contributed by atoms with E-state index in [1.807, 2.05) is 0 Å². The minimum Gasteiger partial charge on any atom is -0.383 e. The summed E-state index contributed by atoms with van der Waals surface area (Å²) in [4.78, 5) is 0.467. The fourth-order valence-electron chi connectivity index (χ4n) is 4.20. The lowest BCUT2D eigenvalue weighted by Crippen LogP contribution is -2.47. The highest BCUT2D eigenvalue weighted by atomic mass is 32.2. The molecule has 2 aliphatic rings. The first kappa shape index (κ1) is 19.5. The molecule has 2 aliphatic heterocycles. The number of methoxy groups -OCH3 is 1. The van der Waals surface area contributed by atoms with Gasteiger partial charge in [-0.3, -0.25) is 0 Å². The molecule has 9 heteroatoms. The molecule has 28 heavy (non-hydrogen) atoms. The van der Waals surface area contributed by atoms with Crippen LogP contribution in [0.5, 0.6) is 0 Å². The Balaban J connectivity index is 1.78. The first-order valence-corrected chi connectivity index (χ1v) is 11.9. The normalized spacial score (nSPS) is 24.6. The molecule has 0 saturated carbocycles. The monoisotopic (exact) mass is 422 g/mol. The van der Waals surface area contributed by atoms with Gasteiger partial charge < -0.3 is 4.74 Å². The molecule has 2 heterocycles. The Morgan fingerprint density at radius 3 is 2.46 bits per heavy atom. The molecule has 0 bridgehead atoms. The highest BCUT2D eigenvalue weighted by Crippen LogP contribution is 2.49. The molecular formula is C19H22N2O5S2. The highest BCUT2D eigenvalue weighted by molar-refractivity contribution is 7.89. The minimum absolute atomic E-state index is 0.0875. The lowest BCUT2D eigenvalue weighted by atomic mass is 9.89. The SMILES string of the molecule is COCCN1[C@]2(CCN(S(=O)(=O)c3ccccc3)C2)c2ccccc2S1(=O)=O. The van der Waals surface area contributed by atoms with Gasteiger partial charge in [0.25, 0.3) is 0 Å². The molecule has 1 saturated heterocycles. The van der Waals surface area contributed by atoms with Crippen LogP contribution in [0.15, 0.2) is 64.4 Å². The third-order valence-electron chi connectivity index (χ3n) is 5.53. The third-order valence-corrected chi connectivity index (χ3v) is 9.41. The van der Waals surface area contributed by atoms with Crippen molar-refractivity contribution in [1.82, 2.24) is 8.61 Å². The maximum atomic E-state index is 13.2. The molecule has 150 valence electrons. The summed E-state index contributed by atoms with van der Waals surface area (Å²) in [5, 5.41) is 0. The van der Waals surface area contributed by atoms with Gasteiger partial charge in [0.1, 0.15) is 0 Å². The van der Waals surface area contributed by atoms with E-state index in [0.29, 0.717) is 12.0 Å². The van der Waals surface area contributed by atoms with Crippen LogP contribution in [0.25, 0.3) is 0 Å². The van der Waals surface area contributed by atoms with Gasteiger partial charge >= 0.3 is 0 Å². The number of hydrogen-bond acceptors (Lipinski definition) is 5. The second-order valence-electron chi connectivity index (χ2n) is 7.00. The quantitative estimate of drug-likeness (QED) is 0.731. The average Bonchev–Trinajstić information content (AvgIpc) is 3.22. The zero-order valence-electron chi connectivity index (χ0n) is 15.5. The fraction of sp³-hybridized carbons (Fsp3) is 0.368. The predicted molar refractivity (Wildman–Crippen MR) is 104 cm³/mol. The molecule has 1 fully saturated rings. The molecule has 0 unspecified atom stereocenters. The van der Waals surface area contributed by atoms with Crippen LogP contribution in [-0.2, 0) is 30.3 Å². The van der Waals surface area contributed by atoms with Crippen LogP contribution >= 0.6 is 0 Å². The van der Waals surface area contributed by atoms with E-state index < -0.39 is 25.6 Å². The molecule has 0 aromatic heterocycles. The van der Waals surface area contributed by atoms with E-state index >= 15 is 0 Å². The summed E-state index contributed by atoms with van der Waals surface area (Å²) < 4.78 is 60.5.